The molecule has 3 N–H and O–H groups in total. The van der Waals surface area contributed by atoms with E-state index in [1.54, 1.807) is 13.8 Å². The molecule has 0 fully saturated rings. The molecule has 0 unspecified atom stereocenters. The van der Waals surface area contributed by atoms with Crippen LogP contribution >= 0.6 is 0 Å². The third kappa shape index (κ3) is 3.46. The number of aryl methyl sites for hydroxylation is 2. The van der Waals surface area contributed by atoms with Gasteiger partial charge in [0, 0.05) is 29.7 Å². The Morgan fingerprint density at radius 1 is 1.35 bits per heavy atom. The number of rotatable bonds is 6. The standard InChI is InChI=1S/C19H22N4O3/c1-12-4-6-16-15(8-12)13(9-20-16)5-7-17(24)22-14-10-21-23(11-14)19(2,3)18(25)26/h4,6,8-11,20H,5,7H2,1-3H3,(H,22,24)(H,25,26). The largest absolute Gasteiger partial charge is 0.479 e. The summed E-state index contributed by atoms with van der Waals surface area (Å²) < 4.78 is 1.33. The van der Waals surface area contributed by atoms with Gasteiger partial charge in [-0.15, -0.1) is 0 Å². The zero-order valence-electron chi connectivity index (χ0n) is 15.0. The minimum atomic E-state index is -1.18. The van der Waals surface area contributed by atoms with Gasteiger partial charge in [-0.3, -0.25) is 9.48 Å². The zero-order valence-corrected chi connectivity index (χ0v) is 15.0. The first-order valence-corrected chi connectivity index (χ1v) is 8.42. The summed E-state index contributed by atoms with van der Waals surface area (Å²) in [5.41, 5.74) is 2.64. The minimum Gasteiger partial charge on any atom is -0.479 e. The maximum atomic E-state index is 12.2. The quantitative estimate of drug-likeness (QED) is 0.633. The van der Waals surface area contributed by atoms with E-state index in [1.807, 2.05) is 25.3 Å². The van der Waals surface area contributed by atoms with Gasteiger partial charge in [0.15, 0.2) is 5.54 Å². The number of carbonyl (C=O) groups excluding carboxylic acids is 1. The molecule has 0 saturated carbocycles. The van der Waals surface area contributed by atoms with Gasteiger partial charge in [-0.2, -0.15) is 5.10 Å². The fraction of sp³-hybridized carbons (Fsp3) is 0.316. The van der Waals surface area contributed by atoms with Crippen LogP contribution in [0.25, 0.3) is 10.9 Å². The molecule has 2 heterocycles. The summed E-state index contributed by atoms with van der Waals surface area (Å²) >= 11 is 0. The van der Waals surface area contributed by atoms with Crippen LogP contribution in [-0.4, -0.2) is 31.7 Å². The molecule has 136 valence electrons. The third-order valence-corrected chi connectivity index (χ3v) is 4.51. The molecule has 2 aromatic heterocycles. The number of H-pyrrole nitrogens is 1. The van der Waals surface area contributed by atoms with Crippen LogP contribution in [0.2, 0.25) is 0 Å². The first-order valence-electron chi connectivity index (χ1n) is 8.42. The lowest BCUT2D eigenvalue weighted by molar-refractivity contribution is -0.146. The second-order valence-electron chi connectivity index (χ2n) is 6.95. The van der Waals surface area contributed by atoms with Gasteiger partial charge in [0.25, 0.3) is 0 Å². The van der Waals surface area contributed by atoms with Crippen molar-refractivity contribution in [3.63, 3.8) is 0 Å². The smallest absolute Gasteiger partial charge is 0.331 e. The number of fused-ring (bicyclic) bond motifs is 1. The Balaban J connectivity index is 1.63. The van der Waals surface area contributed by atoms with Gasteiger partial charge >= 0.3 is 5.97 Å². The molecule has 0 saturated heterocycles. The lowest BCUT2D eigenvalue weighted by atomic mass is 10.1. The van der Waals surface area contributed by atoms with E-state index >= 15 is 0 Å². The summed E-state index contributed by atoms with van der Waals surface area (Å²) in [5.74, 6) is -1.13. The molecular formula is C19H22N4O3. The normalized spacial score (nSPS) is 11.7. The van der Waals surface area contributed by atoms with Crippen molar-refractivity contribution >= 4 is 28.5 Å². The monoisotopic (exact) mass is 354 g/mol. The van der Waals surface area contributed by atoms with Crippen molar-refractivity contribution in [3.8, 4) is 0 Å². The number of hydrogen-bond donors (Lipinski definition) is 3. The molecule has 7 heteroatoms. The molecular weight excluding hydrogens is 332 g/mol. The molecule has 0 radical (unpaired) electrons. The molecule has 0 aliphatic carbocycles. The van der Waals surface area contributed by atoms with Crippen LogP contribution in [0.15, 0.2) is 36.8 Å². The van der Waals surface area contributed by atoms with Crippen LogP contribution in [0, 0.1) is 6.92 Å². The van der Waals surface area contributed by atoms with Crippen LogP contribution < -0.4 is 5.32 Å². The van der Waals surface area contributed by atoms with Crippen molar-refractivity contribution in [1.29, 1.82) is 0 Å². The van der Waals surface area contributed by atoms with Gasteiger partial charge in [0.1, 0.15) is 0 Å². The molecule has 1 amide bonds. The van der Waals surface area contributed by atoms with Crippen molar-refractivity contribution in [2.24, 2.45) is 0 Å². The van der Waals surface area contributed by atoms with Crippen molar-refractivity contribution in [3.05, 3.63) is 47.9 Å². The molecule has 0 spiro atoms. The van der Waals surface area contributed by atoms with Crippen molar-refractivity contribution < 1.29 is 14.7 Å². The van der Waals surface area contributed by atoms with E-state index in [1.165, 1.54) is 22.6 Å². The highest BCUT2D eigenvalue weighted by Gasteiger charge is 2.30. The summed E-state index contributed by atoms with van der Waals surface area (Å²) in [6.07, 6.45) is 5.86. The molecule has 3 aromatic rings. The third-order valence-electron chi connectivity index (χ3n) is 4.51. The maximum Gasteiger partial charge on any atom is 0.331 e. The molecule has 0 atom stereocenters. The van der Waals surface area contributed by atoms with Gasteiger partial charge in [0.05, 0.1) is 11.9 Å². The second kappa shape index (κ2) is 6.67. The van der Waals surface area contributed by atoms with E-state index in [2.05, 4.69) is 21.5 Å². The predicted octanol–water partition coefficient (Wildman–Crippen LogP) is 3.06. The molecule has 0 aliphatic heterocycles. The Labute approximate surface area is 151 Å². The Morgan fingerprint density at radius 2 is 2.12 bits per heavy atom. The van der Waals surface area contributed by atoms with Crippen molar-refractivity contribution in [2.75, 3.05) is 5.32 Å². The van der Waals surface area contributed by atoms with Gasteiger partial charge < -0.3 is 15.4 Å². The number of anilines is 1. The number of benzene rings is 1. The highest BCUT2D eigenvalue weighted by molar-refractivity contribution is 5.91. The van der Waals surface area contributed by atoms with Crippen LogP contribution in [0.1, 0.15) is 31.4 Å². The molecule has 3 rings (SSSR count). The van der Waals surface area contributed by atoms with E-state index in [0.717, 1.165) is 16.5 Å². The fourth-order valence-corrected chi connectivity index (χ4v) is 2.76. The van der Waals surface area contributed by atoms with Crippen molar-refractivity contribution in [1.82, 2.24) is 14.8 Å². The minimum absolute atomic E-state index is 0.139. The maximum absolute atomic E-state index is 12.2. The number of carbonyl (C=O) groups is 2. The van der Waals surface area contributed by atoms with Crippen LogP contribution in [0.5, 0.6) is 0 Å². The van der Waals surface area contributed by atoms with Crippen LogP contribution in [0.4, 0.5) is 5.69 Å². The van der Waals surface area contributed by atoms with Gasteiger partial charge in [-0.1, -0.05) is 11.6 Å². The average Bonchev–Trinajstić information content (AvgIpc) is 3.20. The summed E-state index contributed by atoms with van der Waals surface area (Å²) in [4.78, 5) is 26.7. The number of nitrogens with one attached hydrogen (secondary N) is 2. The Morgan fingerprint density at radius 3 is 2.85 bits per heavy atom. The molecule has 26 heavy (non-hydrogen) atoms. The number of hydrogen-bond acceptors (Lipinski definition) is 3. The number of aliphatic carboxylic acids is 1. The zero-order chi connectivity index (χ0) is 18.9. The van der Waals surface area contributed by atoms with Gasteiger partial charge in [-0.05, 0) is 44.9 Å². The summed E-state index contributed by atoms with van der Waals surface area (Å²) in [6, 6.07) is 6.19. The average molecular weight is 354 g/mol. The number of aromatic nitrogens is 3. The first kappa shape index (κ1) is 17.7. The Hall–Kier alpha value is -3.09. The molecule has 1 aromatic carbocycles. The van der Waals surface area contributed by atoms with E-state index in [-0.39, 0.29) is 5.91 Å². The number of amides is 1. The van der Waals surface area contributed by atoms with E-state index in [0.29, 0.717) is 18.5 Å². The Bertz CT molecular complexity index is 968. The lowest BCUT2D eigenvalue weighted by Gasteiger charge is -2.19. The number of carboxylic acids is 1. The molecule has 7 nitrogen and oxygen atoms in total. The van der Waals surface area contributed by atoms with Gasteiger partial charge in [-0.25, -0.2) is 4.79 Å². The van der Waals surface area contributed by atoms with Crippen molar-refractivity contribution in [2.45, 2.75) is 39.2 Å². The SMILES string of the molecule is Cc1ccc2[nH]cc(CCC(=O)Nc3cnn(C(C)(C)C(=O)O)c3)c2c1. The van der Waals surface area contributed by atoms with Gasteiger partial charge in [0.2, 0.25) is 5.91 Å². The molecule has 0 bridgehead atoms. The number of aromatic amines is 1. The van der Waals surface area contributed by atoms with E-state index in [4.69, 9.17) is 0 Å². The first-order chi connectivity index (χ1) is 12.3. The lowest BCUT2D eigenvalue weighted by Crippen LogP contribution is -2.35. The number of carboxylic acid groups (broad SMARTS) is 1. The number of nitrogens with zero attached hydrogens (tertiary/aromatic N) is 2. The summed E-state index contributed by atoms with van der Waals surface area (Å²) in [7, 11) is 0. The Kier molecular flexibility index (Phi) is 4.54. The summed E-state index contributed by atoms with van der Waals surface area (Å²) in [5, 5.41) is 17.2. The highest BCUT2D eigenvalue weighted by Crippen LogP contribution is 2.21. The highest BCUT2D eigenvalue weighted by atomic mass is 16.4. The second-order valence-corrected chi connectivity index (χ2v) is 6.95. The van der Waals surface area contributed by atoms with Crippen LogP contribution in [0.3, 0.4) is 0 Å². The molecule has 0 aliphatic rings. The fourth-order valence-electron chi connectivity index (χ4n) is 2.76. The summed E-state index contributed by atoms with van der Waals surface area (Å²) in [6.45, 7) is 5.14. The van der Waals surface area contributed by atoms with E-state index < -0.39 is 11.5 Å². The predicted molar refractivity (Wildman–Crippen MR) is 99.2 cm³/mol. The van der Waals surface area contributed by atoms with E-state index in [9.17, 15) is 14.7 Å². The topological polar surface area (TPSA) is 100 Å². The van der Waals surface area contributed by atoms with Crippen LogP contribution in [-0.2, 0) is 21.5 Å².